The number of nitrogens with zero attached hydrogens (tertiary/aromatic N) is 1. The normalized spacial score (nSPS) is 12.5. The lowest BCUT2D eigenvalue weighted by Gasteiger charge is -2.22. The first kappa shape index (κ1) is 24.3. The molecule has 148 valence electrons. The second-order valence-electron chi connectivity index (χ2n) is 6.49. The van der Waals surface area contributed by atoms with Gasteiger partial charge in [-0.3, -0.25) is 9.79 Å². The summed E-state index contributed by atoms with van der Waals surface area (Å²) >= 11 is 0. The molecule has 0 fully saturated rings. The number of carbonyl (C=O) groups is 1. The summed E-state index contributed by atoms with van der Waals surface area (Å²) in [6.07, 6.45) is 0. The first-order valence-electron chi connectivity index (χ1n) is 8.11. The van der Waals surface area contributed by atoms with Crippen molar-refractivity contribution in [3.63, 3.8) is 0 Å². The fourth-order valence-corrected chi connectivity index (χ4v) is 2.19. The van der Waals surface area contributed by atoms with Gasteiger partial charge in [-0.25, -0.2) is 0 Å². The molecule has 0 heterocycles. The van der Waals surface area contributed by atoms with Crippen molar-refractivity contribution in [2.45, 2.75) is 39.3 Å². The van der Waals surface area contributed by atoms with Gasteiger partial charge in [-0.05, 0) is 45.9 Å². The molecule has 0 amide bonds. The first-order chi connectivity index (χ1) is 11.7. The van der Waals surface area contributed by atoms with E-state index in [0.717, 1.165) is 17.1 Å². The third-order valence-electron chi connectivity index (χ3n) is 3.30. The van der Waals surface area contributed by atoms with Crippen molar-refractivity contribution < 1.29 is 19.0 Å². The van der Waals surface area contributed by atoms with Crippen LogP contribution in [0.5, 0.6) is 11.5 Å². The van der Waals surface area contributed by atoms with Crippen molar-refractivity contribution in [2.24, 2.45) is 4.99 Å². The van der Waals surface area contributed by atoms with Gasteiger partial charge in [0.15, 0.2) is 5.96 Å². The topological polar surface area (TPSA) is 81.2 Å². The monoisotopic (exact) mass is 479 g/mol. The second-order valence-corrected chi connectivity index (χ2v) is 6.49. The molecular weight excluding hydrogens is 449 g/mol. The summed E-state index contributed by atoms with van der Waals surface area (Å²) in [6.45, 7) is 7.48. The van der Waals surface area contributed by atoms with Crippen LogP contribution in [0.3, 0.4) is 0 Å². The Hall–Kier alpha value is -1.71. The lowest BCUT2D eigenvalue weighted by molar-refractivity contribution is -0.153. The number of carbonyl (C=O) groups excluding carboxylic acids is 1. The molecule has 0 saturated carbocycles. The number of guanidine groups is 1. The molecular formula is C18H30IN3O4. The SMILES string of the molecule is CN=C(NCC(=O)OC(C)(C)C)NC(C)c1cc(OC)ccc1OC.I. The summed E-state index contributed by atoms with van der Waals surface area (Å²) < 4.78 is 15.9. The van der Waals surface area contributed by atoms with Gasteiger partial charge in [0.25, 0.3) is 0 Å². The molecule has 8 heteroatoms. The van der Waals surface area contributed by atoms with Crippen LogP contribution in [0.2, 0.25) is 0 Å². The molecule has 0 aliphatic carbocycles. The molecule has 0 spiro atoms. The van der Waals surface area contributed by atoms with Gasteiger partial charge < -0.3 is 24.8 Å². The minimum absolute atomic E-state index is 0. The number of rotatable bonds is 6. The van der Waals surface area contributed by atoms with E-state index in [1.54, 1.807) is 21.3 Å². The number of halogens is 1. The third kappa shape index (κ3) is 8.11. The summed E-state index contributed by atoms with van der Waals surface area (Å²) in [5.41, 5.74) is 0.402. The molecule has 0 radical (unpaired) electrons. The number of ether oxygens (including phenoxy) is 3. The van der Waals surface area contributed by atoms with E-state index in [1.807, 2.05) is 45.9 Å². The fourth-order valence-electron chi connectivity index (χ4n) is 2.19. The largest absolute Gasteiger partial charge is 0.497 e. The molecule has 1 aromatic rings. The zero-order valence-electron chi connectivity index (χ0n) is 16.5. The molecule has 0 aliphatic heterocycles. The number of aliphatic imine (C=N–C) groups is 1. The van der Waals surface area contributed by atoms with E-state index in [1.165, 1.54) is 0 Å². The summed E-state index contributed by atoms with van der Waals surface area (Å²) in [4.78, 5) is 15.9. The van der Waals surface area contributed by atoms with E-state index in [-0.39, 0.29) is 42.5 Å². The Morgan fingerprint density at radius 3 is 2.38 bits per heavy atom. The van der Waals surface area contributed by atoms with Crippen LogP contribution in [0.1, 0.15) is 39.3 Å². The maximum atomic E-state index is 11.8. The number of nitrogens with one attached hydrogen (secondary N) is 2. The van der Waals surface area contributed by atoms with Gasteiger partial charge in [0.2, 0.25) is 0 Å². The molecule has 1 aromatic carbocycles. The van der Waals surface area contributed by atoms with Gasteiger partial charge in [-0.1, -0.05) is 0 Å². The number of hydrogen-bond donors (Lipinski definition) is 2. The van der Waals surface area contributed by atoms with Crippen LogP contribution in [0.25, 0.3) is 0 Å². The standard InChI is InChI=1S/C18H29N3O4.HI/c1-12(14-10-13(23-6)8-9-15(14)24-7)21-17(19-5)20-11-16(22)25-18(2,3)4;/h8-10,12H,11H2,1-7H3,(H2,19,20,21);1H. The van der Waals surface area contributed by atoms with Gasteiger partial charge in [0.1, 0.15) is 23.6 Å². The van der Waals surface area contributed by atoms with Crippen molar-refractivity contribution in [2.75, 3.05) is 27.8 Å². The lowest BCUT2D eigenvalue weighted by atomic mass is 10.1. The van der Waals surface area contributed by atoms with Crippen molar-refractivity contribution in [3.05, 3.63) is 23.8 Å². The molecule has 0 aliphatic rings. The predicted octanol–water partition coefficient (Wildman–Crippen LogP) is 2.89. The number of methoxy groups -OCH3 is 2. The third-order valence-corrected chi connectivity index (χ3v) is 3.30. The zero-order chi connectivity index (χ0) is 19.0. The molecule has 1 rings (SSSR count). The zero-order valence-corrected chi connectivity index (χ0v) is 18.8. The van der Waals surface area contributed by atoms with Crippen LogP contribution in [0, 0.1) is 0 Å². The van der Waals surface area contributed by atoms with E-state index in [4.69, 9.17) is 14.2 Å². The van der Waals surface area contributed by atoms with Crippen LogP contribution in [0.4, 0.5) is 0 Å². The quantitative estimate of drug-likeness (QED) is 0.283. The molecule has 1 unspecified atom stereocenters. The summed E-state index contributed by atoms with van der Waals surface area (Å²) in [6, 6.07) is 5.47. The Bertz CT molecular complexity index is 615. The van der Waals surface area contributed by atoms with Crippen molar-refractivity contribution in [1.82, 2.24) is 10.6 Å². The molecule has 0 aromatic heterocycles. The number of hydrogen-bond acceptors (Lipinski definition) is 5. The lowest BCUT2D eigenvalue weighted by Crippen LogP contribution is -2.42. The molecule has 1 atom stereocenters. The highest BCUT2D eigenvalue weighted by molar-refractivity contribution is 14.0. The minimum atomic E-state index is -0.517. The molecule has 0 bridgehead atoms. The van der Waals surface area contributed by atoms with E-state index in [9.17, 15) is 4.79 Å². The molecule has 26 heavy (non-hydrogen) atoms. The van der Waals surface area contributed by atoms with Crippen LogP contribution in [-0.4, -0.2) is 45.3 Å². The van der Waals surface area contributed by atoms with Crippen LogP contribution >= 0.6 is 24.0 Å². The Kier molecular flexibility index (Phi) is 10.4. The van der Waals surface area contributed by atoms with Gasteiger partial charge in [0, 0.05) is 12.6 Å². The highest BCUT2D eigenvalue weighted by Gasteiger charge is 2.18. The van der Waals surface area contributed by atoms with Crippen molar-refractivity contribution in [3.8, 4) is 11.5 Å². The summed E-state index contributed by atoms with van der Waals surface area (Å²) in [5, 5.41) is 6.17. The number of benzene rings is 1. The maximum absolute atomic E-state index is 11.8. The predicted molar refractivity (Wildman–Crippen MR) is 114 cm³/mol. The Morgan fingerprint density at radius 1 is 1.23 bits per heavy atom. The van der Waals surface area contributed by atoms with Crippen LogP contribution in [-0.2, 0) is 9.53 Å². The highest BCUT2D eigenvalue weighted by Crippen LogP contribution is 2.29. The minimum Gasteiger partial charge on any atom is -0.497 e. The molecule has 0 saturated heterocycles. The van der Waals surface area contributed by atoms with Gasteiger partial charge >= 0.3 is 5.97 Å². The van der Waals surface area contributed by atoms with Crippen LogP contribution < -0.4 is 20.1 Å². The Morgan fingerprint density at radius 2 is 1.88 bits per heavy atom. The smallest absolute Gasteiger partial charge is 0.325 e. The first-order valence-corrected chi connectivity index (χ1v) is 8.11. The summed E-state index contributed by atoms with van der Waals surface area (Å²) in [7, 11) is 4.87. The van der Waals surface area contributed by atoms with E-state index < -0.39 is 5.60 Å². The molecule has 2 N–H and O–H groups in total. The average molecular weight is 479 g/mol. The highest BCUT2D eigenvalue weighted by atomic mass is 127. The average Bonchev–Trinajstić information content (AvgIpc) is 2.56. The fraction of sp³-hybridized carbons (Fsp3) is 0.556. The van der Waals surface area contributed by atoms with Crippen molar-refractivity contribution >= 4 is 35.9 Å². The second kappa shape index (κ2) is 11.1. The summed E-state index contributed by atoms with van der Waals surface area (Å²) in [5.74, 6) is 1.62. The maximum Gasteiger partial charge on any atom is 0.325 e. The van der Waals surface area contributed by atoms with E-state index in [0.29, 0.717) is 5.96 Å². The van der Waals surface area contributed by atoms with Crippen LogP contribution in [0.15, 0.2) is 23.2 Å². The Balaban J connectivity index is 0.00000625. The van der Waals surface area contributed by atoms with E-state index in [2.05, 4.69) is 15.6 Å². The van der Waals surface area contributed by atoms with Gasteiger partial charge in [-0.15, -0.1) is 24.0 Å². The van der Waals surface area contributed by atoms with Gasteiger partial charge in [0.05, 0.1) is 20.3 Å². The van der Waals surface area contributed by atoms with Gasteiger partial charge in [-0.2, -0.15) is 0 Å². The van der Waals surface area contributed by atoms with Crippen molar-refractivity contribution in [1.29, 1.82) is 0 Å². The Labute approximate surface area is 172 Å². The number of esters is 1. The molecule has 7 nitrogen and oxygen atoms in total. The van der Waals surface area contributed by atoms with E-state index >= 15 is 0 Å².